The fourth-order valence-electron chi connectivity index (χ4n) is 2.77. The van der Waals surface area contributed by atoms with Crippen molar-refractivity contribution in [2.75, 3.05) is 0 Å². The van der Waals surface area contributed by atoms with Crippen molar-refractivity contribution in [3.05, 3.63) is 66.8 Å². The van der Waals surface area contributed by atoms with Gasteiger partial charge in [-0.2, -0.15) is 0 Å². The monoisotopic (exact) mass is 624 g/mol. The summed E-state index contributed by atoms with van der Waals surface area (Å²) in [5, 5.41) is -5.81. The van der Waals surface area contributed by atoms with Crippen LogP contribution in [0.4, 0.5) is 26.3 Å². The first-order valence-corrected chi connectivity index (χ1v) is 14.6. The Morgan fingerprint density at radius 2 is 1.03 bits per heavy atom. The van der Waals surface area contributed by atoms with Gasteiger partial charge in [0.1, 0.15) is 0 Å². The molecule has 0 aliphatic rings. The summed E-state index contributed by atoms with van der Waals surface area (Å²) in [6.45, 7) is 11.6. The zero-order valence-corrected chi connectivity index (χ0v) is 22.4. The number of benzene rings is 2. The number of halogens is 7. The van der Waals surface area contributed by atoms with Crippen LogP contribution in [-0.4, -0.2) is 26.0 Å². The van der Waals surface area contributed by atoms with Gasteiger partial charge in [0.15, 0.2) is 0 Å². The van der Waals surface area contributed by atoms with E-state index in [4.69, 9.17) is 2.51 Å². The molecule has 3 nitrogen and oxygen atoms in total. The minimum absolute atomic E-state index is 0.252. The van der Waals surface area contributed by atoms with E-state index in [1.165, 1.54) is 24.3 Å². The summed E-state index contributed by atoms with van der Waals surface area (Å²) in [4.78, 5) is 0. The molecule has 34 heavy (non-hydrogen) atoms. The van der Waals surface area contributed by atoms with Crippen molar-refractivity contribution < 1.29 is 37.3 Å². The molecular weight excluding hydrogens is 597 g/mol. The standard InChI is InChI=1S/C23H27F6IO3S/c1-20(2,3)15-7-11-17(12-8-15)30(18-13-9-16(10-14-18)21(4,5)6)33-34(31,32)23(28,29)19(24)22(25,26)27/h7-14,19H,1-6H3. The van der Waals surface area contributed by atoms with Gasteiger partial charge in [0.2, 0.25) is 0 Å². The Morgan fingerprint density at radius 3 is 1.29 bits per heavy atom. The molecule has 0 fully saturated rings. The SMILES string of the molecule is CC(C)(C)c1ccc(I(OS(=O)(=O)C(F)(F)C(F)C(F)(F)F)c2ccc(C(C)(C)C)cc2)cc1. The van der Waals surface area contributed by atoms with Gasteiger partial charge in [0.25, 0.3) is 0 Å². The summed E-state index contributed by atoms with van der Waals surface area (Å²) >= 11 is -3.75. The van der Waals surface area contributed by atoms with Crippen LogP contribution >= 0.6 is 20.2 Å². The molecule has 1 atom stereocenters. The molecule has 0 aliphatic heterocycles. The molecule has 192 valence electrons. The molecule has 2 rings (SSSR count). The molecule has 0 heterocycles. The third-order valence-corrected chi connectivity index (χ3v) is 12.2. The molecule has 2 aromatic carbocycles. The Kier molecular flexibility index (Phi) is 8.16. The molecule has 0 N–H and O–H groups in total. The van der Waals surface area contributed by atoms with Crippen molar-refractivity contribution in [2.45, 2.75) is 70.0 Å². The van der Waals surface area contributed by atoms with Gasteiger partial charge in [-0.05, 0) is 0 Å². The van der Waals surface area contributed by atoms with Crippen molar-refractivity contribution in [2.24, 2.45) is 0 Å². The van der Waals surface area contributed by atoms with E-state index in [9.17, 15) is 34.8 Å². The van der Waals surface area contributed by atoms with Gasteiger partial charge in [-0.25, -0.2) is 0 Å². The van der Waals surface area contributed by atoms with E-state index in [1.807, 2.05) is 41.5 Å². The first-order valence-electron chi connectivity index (χ1n) is 10.1. The first-order chi connectivity index (χ1) is 15.2. The van der Waals surface area contributed by atoms with Crippen LogP contribution in [0.3, 0.4) is 0 Å². The molecule has 0 radical (unpaired) electrons. The Labute approximate surface area is 204 Å². The number of hydrogen-bond acceptors (Lipinski definition) is 3. The molecule has 0 saturated heterocycles. The summed E-state index contributed by atoms with van der Waals surface area (Å²) in [6, 6.07) is 12.7. The average Bonchev–Trinajstić information content (AvgIpc) is 2.69. The van der Waals surface area contributed by atoms with Gasteiger partial charge in [-0.1, -0.05) is 0 Å². The molecule has 11 heteroatoms. The van der Waals surface area contributed by atoms with Crippen molar-refractivity contribution in [1.82, 2.24) is 0 Å². The summed E-state index contributed by atoms with van der Waals surface area (Å²) in [7, 11) is -6.27. The van der Waals surface area contributed by atoms with Crippen LogP contribution in [0, 0.1) is 7.14 Å². The predicted octanol–water partition coefficient (Wildman–Crippen LogP) is 7.58. The maximum atomic E-state index is 14.1. The van der Waals surface area contributed by atoms with E-state index in [1.54, 1.807) is 24.3 Å². The third kappa shape index (κ3) is 6.45. The normalized spacial score (nSPS) is 15.2. The molecular formula is C23H27F6IO3S. The number of alkyl halides is 6. The van der Waals surface area contributed by atoms with Crippen LogP contribution in [0.15, 0.2) is 48.5 Å². The fraction of sp³-hybridized carbons (Fsp3) is 0.478. The van der Waals surface area contributed by atoms with Crippen LogP contribution in [0.5, 0.6) is 0 Å². The van der Waals surface area contributed by atoms with Gasteiger partial charge in [0, 0.05) is 0 Å². The van der Waals surface area contributed by atoms with Gasteiger partial charge in [0.05, 0.1) is 0 Å². The Hall–Kier alpha value is -1.34. The van der Waals surface area contributed by atoms with E-state index in [-0.39, 0.29) is 18.0 Å². The van der Waals surface area contributed by atoms with E-state index < -0.39 is 48.0 Å². The Bertz CT molecular complexity index is 1030. The summed E-state index contributed by atoms with van der Waals surface area (Å²) in [5.41, 5.74) is 1.20. The third-order valence-electron chi connectivity index (χ3n) is 4.88. The second-order valence-corrected chi connectivity index (χ2v) is 16.3. The second-order valence-electron chi connectivity index (χ2n) is 9.75. The van der Waals surface area contributed by atoms with Crippen LogP contribution in [0.25, 0.3) is 0 Å². The van der Waals surface area contributed by atoms with Crippen molar-refractivity contribution in [3.63, 3.8) is 0 Å². The molecule has 0 bridgehead atoms. The number of rotatable bonds is 6. The van der Waals surface area contributed by atoms with E-state index in [0.717, 1.165) is 11.1 Å². The van der Waals surface area contributed by atoms with E-state index >= 15 is 0 Å². The molecule has 1 unspecified atom stereocenters. The van der Waals surface area contributed by atoms with Gasteiger partial charge in [-0.3, -0.25) is 0 Å². The van der Waals surface area contributed by atoms with E-state index in [0.29, 0.717) is 0 Å². The van der Waals surface area contributed by atoms with E-state index in [2.05, 4.69) is 0 Å². The number of hydrogen-bond donors (Lipinski definition) is 0. The zero-order valence-electron chi connectivity index (χ0n) is 19.5. The second kappa shape index (κ2) is 9.61. The summed E-state index contributed by atoms with van der Waals surface area (Å²) in [5.74, 6) is 0. The van der Waals surface area contributed by atoms with Gasteiger partial charge < -0.3 is 0 Å². The molecule has 0 aliphatic carbocycles. The predicted molar refractivity (Wildman–Crippen MR) is 128 cm³/mol. The average molecular weight is 624 g/mol. The van der Waals surface area contributed by atoms with Gasteiger partial charge in [-0.15, -0.1) is 0 Å². The molecule has 2 aromatic rings. The van der Waals surface area contributed by atoms with Crippen LogP contribution in [0.1, 0.15) is 52.7 Å². The maximum absolute atomic E-state index is 14.1. The van der Waals surface area contributed by atoms with Crippen LogP contribution in [0.2, 0.25) is 0 Å². The van der Waals surface area contributed by atoms with Crippen molar-refractivity contribution >= 4 is 30.4 Å². The van der Waals surface area contributed by atoms with Crippen LogP contribution < -0.4 is 0 Å². The quantitative estimate of drug-likeness (QED) is 0.246. The fourth-order valence-corrected chi connectivity index (χ4v) is 9.68. The minimum atomic E-state index is -6.27. The summed E-state index contributed by atoms with van der Waals surface area (Å²) in [6.07, 6.45) is -11.0. The first kappa shape index (κ1) is 28.9. The Balaban J connectivity index is 2.58. The molecule has 0 spiro atoms. The van der Waals surface area contributed by atoms with Crippen molar-refractivity contribution in [1.29, 1.82) is 0 Å². The molecule has 0 saturated carbocycles. The summed E-state index contributed by atoms with van der Waals surface area (Å²) < 4.78 is 109. The van der Waals surface area contributed by atoms with Crippen LogP contribution in [-0.2, 0) is 23.5 Å². The Morgan fingerprint density at radius 1 is 0.706 bits per heavy atom. The molecule has 0 aromatic heterocycles. The molecule has 0 amide bonds. The van der Waals surface area contributed by atoms with Gasteiger partial charge >= 0.3 is 204 Å². The zero-order chi connectivity index (χ0) is 26.3. The topological polar surface area (TPSA) is 43.4 Å². The van der Waals surface area contributed by atoms with Crippen molar-refractivity contribution in [3.8, 4) is 0 Å².